The number of nitrogens with zero attached hydrogens (tertiary/aromatic N) is 1. The lowest BCUT2D eigenvalue weighted by Gasteiger charge is -2.38. The molecule has 3 aromatic carbocycles. The van der Waals surface area contributed by atoms with Crippen LogP contribution in [0.15, 0.2) is 66.7 Å². The van der Waals surface area contributed by atoms with Gasteiger partial charge < -0.3 is 19.9 Å². The number of carbonyl (C=O) groups excluding carboxylic acids is 1. The van der Waals surface area contributed by atoms with Crippen molar-refractivity contribution in [3.05, 3.63) is 77.9 Å². The molecule has 1 atom stereocenters. The van der Waals surface area contributed by atoms with Gasteiger partial charge in [0.25, 0.3) is 5.91 Å². The van der Waals surface area contributed by atoms with E-state index in [1.807, 2.05) is 30.3 Å². The minimum atomic E-state index is -0.472. The monoisotopic (exact) mass is 360 g/mol. The van der Waals surface area contributed by atoms with Crippen LogP contribution in [0.5, 0.6) is 17.2 Å². The molecule has 0 fully saturated rings. The average Bonchev–Trinajstić information content (AvgIpc) is 3.16. The third kappa shape index (κ3) is 2.54. The molecule has 0 saturated heterocycles. The summed E-state index contributed by atoms with van der Waals surface area (Å²) in [6.07, 6.45) is -0.472. The van der Waals surface area contributed by atoms with E-state index in [-0.39, 0.29) is 18.4 Å². The van der Waals surface area contributed by atoms with Crippen LogP contribution in [-0.2, 0) is 0 Å². The van der Waals surface area contributed by atoms with Crippen molar-refractivity contribution in [2.24, 2.45) is 0 Å². The highest BCUT2D eigenvalue weighted by molar-refractivity contribution is 6.12. The number of amides is 1. The number of carbonyl (C=O) groups is 1. The molecule has 2 aliphatic rings. The fourth-order valence-corrected chi connectivity index (χ4v) is 3.48. The lowest BCUT2D eigenvalue weighted by atomic mass is 10.0. The van der Waals surface area contributed by atoms with Crippen LogP contribution in [0.4, 0.5) is 11.4 Å². The Hall–Kier alpha value is -3.67. The molecule has 2 N–H and O–H groups in total. The van der Waals surface area contributed by atoms with Gasteiger partial charge in [-0.25, -0.2) is 0 Å². The van der Waals surface area contributed by atoms with Gasteiger partial charge in [-0.3, -0.25) is 9.69 Å². The highest BCUT2D eigenvalue weighted by Gasteiger charge is 2.34. The van der Waals surface area contributed by atoms with Crippen molar-refractivity contribution in [3.63, 3.8) is 0 Å². The Morgan fingerprint density at radius 3 is 2.70 bits per heavy atom. The number of hydrogen-bond acceptors (Lipinski definition) is 5. The van der Waals surface area contributed by atoms with E-state index in [0.29, 0.717) is 22.7 Å². The molecule has 0 aromatic heterocycles. The molecule has 1 amide bonds. The van der Waals surface area contributed by atoms with Crippen LogP contribution in [0.25, 0.3) is 0 Å². The van der Waals surface area contributed by atoms with Crippen LogP contribution < -0.4 is 19.7 Å². The van der Waals surface area contributed by atoms with E-state index < -0.39 is 6.17 Å². The first-order valence-electron chi connectivity index (χ1n) is 8.58. The van der Waals surface area contributed by atoms with Gasteiger partial charge in [0.2, 0.25) is 6.79 Å². The fraction of sp³-hybridized carbons (Fsp3) is 0.0952. The molecule has 0 bridgehead atoms. The third-order valence-electron chi connectivity index (χ3n) is 4.75. The van der Waals surface area contributed by atoms with Crippen molar-refractivity contribution in [1.82, 2.24) is 0 Å². The zero-order valence-corrected chi connectivity index (χ0v) is 14.3. The summed E-state index contributed by atoms with van der Waals surface area (Å²) in [5, 5.41) is 13.3. The number of fused-ring (bicyclic) bond motifs is 2. The van der Waals surface area contributed by atoms with Crippen LogP contribution in [0, 0.1) is 0 Å². The summed E-state index contributed by atoms with van der Waals surface area (Å²) in [6, 6.07) is 19.7. The number of para-hydroxylation sites is 1. The summed E-state index contributed by atoms with van der Waals surface area (Å²) < 4.78 is 10.9. The Labute approximate surface area is 155 Å². The van der Waals surface area contributed by atoms with Crippen LogP contribution in [-0.4, -0.2) is 17.8 Å². The van der Waals surface area contributed by atoms with E-state index in [9.17, 15) is 9.90 Å². The van der Waals surface area contributed by atoms with Crippen molar-refractivity contribution in [1.29, 1.82) is 0 Å². The summed E-state index contributed by atoms with van der Waals surface area (Å²) in [7, 11) is 0. The van der Waals surface area contributed by atoms with Crippen molar-refractivity contribution in [2.75, 3.05) is 17.0 Å². The minimum absolute atomic E-state index is 0.128. The Bertz CT molecular complexity index is 1050. The topological polar surface area (TPSA) is 71.0 Å². The van der Waals surface area contributed by atoms with Crippen LogP contribution in [0.2, 0.25) is 0 Å². The highest BCUT2D eigenvalue weighted by Crippen LogP contribution is 2.41. The maximum absolute atomic E-state index is 13.3. The van der Waals surface area contributed by atoms with Crippen molar-refractivity contribution in [2.45, 2.75) is 6.17 Å². The lowest BCUT2D eigenvalue weighted by molar-refractivity contribution is 0.0975. The molecule has 27 heavy (non-hydrogen) atoms. The van der Waals surface area contributed by atoms with E-state index in [1.54, 1.807) is 41.3 Å². The van der Waals surface area contributed by atoms with Gasteiger partial charge in [-0.15, -0.1) is 0 Å². The second kappa shape index (κ2) is 5.95. The van der Waals surface area contributed by atoms with Crippen molar-refractivity contribution in [3.8, 4) is 17.2 Å². The van der Waals surface area contributed by atoms with Crippen molar-refractivity contribution >= 4 is 17.3 Å². The van der Waals surface area contributed by atoms with Gasteiger partial charge in [0, 0.05) is 11.8 Å². The number of ether oxygens (including phenoxy) is 2. The Kier molecular flexibility index (Phi) is 3.43. The highest BCUT2D eigenvalue weighted by atomic mass is 16.7. The van der Waals surface area contributed by atoms with Gasteiger partial charge in [-0.2, -0.15) is 0 Å². The quantitative estimate of drug-likeness (QED) is 0.725. The molecule has 0 spiro atoms. The number of anilines is 2. The molecule has 3 aromatic rings. The number of benzene rings is 3. The number of aromatic hydroxyl groups is 1. The number of hydrogen-bond donors (Lipinski definition) is 2. The van der Waals surface area contributed by atoms with Crippen molar-refractivity contribution < 1.29 is 19.4 Å². The normalized spacial score (nSPS) is 17.4. The van der Waals surface area contributed by atoms with Gasteiger partial charge in [0.05, 0.1) is 11.3 Å². The second-order valence-electron chi connectivity index (χ2n) is 6.40. The first-order chi connectivity index (χ1) is 13.2. The molecule has 0 unspecified atom stereocenters. The molecule has 2 heterocycles. The molecule has 6 nitrogen and oxygen atoms in total. The lowest BCUT2D eigenvalue weighted by Crippen LogP contribution is -2.43. The van der Waals surface area contributed by atoms with Gasteiger partial charge in [0.15, 0.2) is 11.5 Å². The molecular weight excluding hydrogens is 344 g/mol. The molecule has 0 aliphatic carbocycles. The van der Waals surface area contributed by atoms with E-state index >= 15 is 0 Å². The van der Waals surface area contributed by atoms with E-state index in [4.69, 9.17) is 9.47 Å². The fourth-order valence-electron chi connectivity index (χ4n) is 3.48. The maximum Gasteiger partial charge on any atom is 0.262 e. The molecule has 6 heteroatoms. The summed E-state index contributed by atoms with van der Waals surface area (Å²) in [5.74, 6) is 1.28. The van der Waals surface area contributed by atoms with E-state index in [0.717, 1.165) is 11.3 Å². The zero-order valence-electron chi connectivity index (χ0n) is 14.3. The standard InChI is InChI=1S/C21H16N2O4/c24-15-5-3-4-13(10-15)20-22-17-7-2-1-6-16(17)21(25)23(20)14-8-9-18-19(11-14)27-12-26-18/h1-11,20,22,24H,12H2/t20-/m0/s1. The number of rotatable bonds is 2. The minimum Gasteiger partial charge on any atom is -0.508 e. The maximum atomic E-state index is 13.3. The van der Waals surface area contributed by atoms with Gasteiger partial charge in [-0.1, -0.05) is 24.3 Å². The SMILES string of the molecule is O=C1c2ccccc2N[C@H](c2cccc(O)c2)N1c1ccc2c(c1)OCO2. The Balaban J connectivity index is 1.66. The van der Waals surface area contributed by atoms with Crippen LogP contribution in [0.3, 0.4) is 0 Å². The summed E-state index contributed by atoms with van der Waals surface area (Å²) in [5.41, 5.74) is 2.80. The largest absolute Gasteiger partial charge is 0.508 e. The molecule has 134 valence electrons. The molecule has 2 aliphatic heterocycles. The summed E-state index contributed by atoms with van der Waals surface area (Å²) in [6.45, 7) is 0.170. The number of nitrogens with one attached hydrogen (secondary N) is 1. The van der Waals surface area contributed by atoms with Crippen LogP contribution in [0.1, 0.15) is 22.1 Å². The average molecular weight is 360 g/mol. The predicted octanol–water partition coefficient (Wildman–Crippen LogP) is 3.89. The molecule has 0 saturated carbocycles. The van der Waals surface area contributed by atoms with Gasteiger partial charge in [-0.05, 0) is 42.0 Å². The number of phenolic OH excluding ortho intramolecular Hbond substituents is 1. The Morgan fingerprint density at radius 1 is 0.963 bits per heavy atom. The predicted molar refractivity (Wildman–Crippen MR) is 100 cm³/mol. The van der Waals surface area contributed by atoms with Crippen LogP contribution >= 0.6 is 0 Å². The summed E-state index contributed by atoms with van der Waals surface area (Å²) >= 11 is 0. The van der Waals surface area contributed by atoms with E-state index in [1.165, 1.54) is 0 Å². The smallest absolute Gasteiger partial charge is 0.262 e. The second-order valence-corrected chi connectivity index (χ2v) is 6.40. The first-order valence-corrected chi connectivity index (χ1v) is 8.58. The zero-order chi connectivity index (χ0) is 18.4. The van der Waals surface area contributed by atoms with Gasteiger partial charge in [0.1, 0.15) is 11.9 Å². The molecule has 0 radical (unpaired) electrons. The molecule has 5 rings (SSSR count). The third-order valence-corrected chi connectivity index (χ3v) is 4.75. The number of phenols is 1. The van der Waals surface area contributed by atoms with E-state index in [2.05, 4.69) is 5.32 Å². The first kappa shape index (κ1) is 15.6. The molecular formula is C21H16N2O4. The van der Waals surface area contributed by atoms with Gasteiger partial charge >= 0.3 is 0 Å². The Morgan fingerprint density at radius 2 is 1.81 bits per heavy atom. The summed E-state index contributed by atoms with van der Waals surface area (Å²) in [4.78, 5) is 15.0.